The number of nitrogens with one attached hydrogen (secondary N) is 2. The lowest BCUT2D eigenvalue weighted by atomic mass is 10.0. The fraction of sp³-hybridized carbons (Fsp3) is 0.423. The molecule has 9 nitrogen and oxygen atoms in total. The molecule has 0 unspecified atom stereocenters. The minimum absolute atomic E-state index is 0.0913. The van der Waals surface area contributed by atoms with E-state index in [-0.39, 0.29) is 48.7 Å². The third-order valence-corrected chi connectivity index (χ3v) is 6.62. The molecular formula is C26H32Cl2N4O5. The maximum atomic E-state index is 12.6. The second kappa shape index (κ2) is 14.2. The number of piperidine rings is 1. The highest BCUT2D eigenvalue weighted by molar-refractivity contribution is 6.32. The van der Waals surface area contributed by atoms with Crippen LogP contribution >= 0.6 is 23.2 Å². The normalized spacial score (nSPS) is 14.7. The van der Waals surface area contributed by atoms with Gasteiger partial charge >= 0.3 is 0 Å². The van der Waals surface area contributed by atoms with Gasteiger partial charge in [0.05, 0.1) is 10.0 Å². The SMILES string of the molecule is N=C(CCC(N)=O)c1ccc(OCC(=O)N2CCC(NC[C@H](O)COc3ccccc3Cl)CC2)c(Cl)c1. The van der Waals surface area contributed by atoms with Crippen molar-refractivity contribution in [2.45, 2.75) is 37.8 Å². The number of ether oxygens (including phenoxy) is 2. The highest BCUT2D eigenvalue weighted by atomic mass is 35.5. The summed E-state index contributed by atoms with van der Waals surface area (Å²) in [5, 5.41) is 22.4. The number of nitrogens with two attached hydrogens (primary N) is 1. The Morgan fingerprint density at radius 2 is 1.78 bits per heavy atom. The number of hydrogen-bond acceptors (Lipinski definition) is 7. The van der Waals surface area contributed by atoms with Crippen molar-refractivity contribution in [3.05, 3.63) is 58.1 Å². The minimum Gasteiger partial charge on any atom is -0.489 e. The van der Waals surface area contributed by atoms with Crippen LogP contribution in [-0.4, -0.2) is 72.5 Å². The number of aliphatic hydroxyl groups is 1. The van der Waals surface area contributed by atoms with Gasteiger partial charge in [-0.3, -0.25) is 9.59 Å². The molecule has 0 saturated carbocycles. The lowest BCUT2D eigenvalue weighted by Gasteiger charge is -2.33. The van der Waals surface area contributed by atoms with E-state index in [9.17, 15) is 14.7 Å². The Morgan fingerprint density at radius 1 is 1.08 bits per heavy atom. The molecule has 2 aromatic carbocycles. The smallest absolute Gasteiger partial charge is 0.260 e. The Labute approximate surface area is 226 Å². The van der Waals surface area contributed by atoms with Gasteiger partial charge in [0.2, 0.25) is 5.91 Å². The van der Waals surface area contributed by atoms with Crippen molar-refractivity contribution in [2.75, 3.05) is 32.8 Å². The second-order valence-electron chi connectivity index (χ2n) is 8.84. The molecule has 5 N–H and O–H groups in total. The largest absolute Gasteiger partial charge is 0.489 e. The predicted molar refractivity (Wildman–Crippen MR) is 143 cm³/mol. The van der Waals surface area contributed by atoms with Crippen molar-refractivity contribution in [2.24, 2.45) is 5.73 Å². The number of carbonyl (C=O) groups is 2. The molecule has 2 amide bonds. The zero-order valence-electron chi connectivity index (χ0n) is 20.4. The highest BCUT2D eigenvalue weighted by Crippen LogP contribution is 2.26. The van der Waals surface area contributed by atoms with Crippen LogP contribution in [0.2, 0.25) is 10.0 Å². The van der Waals surface area contributed by atoms with Gasteiger partial charge < -0.3 is 35.9 Å². The van der Waals surface area contributed by atoms with E-state index in [0.29, 0.717) is 41.7 Å². The van der Waals surface area contributed by atoms with Gasteiger partial charge in [-0.25, -0.2) is 0 Å². The molecule has 200 valence electrons. The Balaban J connectivity index is 1.35. The topological polar surface area (TPSA) is 138 Å². The Hall–Kier alpha value is -2.85. The standard InChI is InChI=1S/C26H32Cl2N4O5/c27-20-3-1-2-4-23(20)36-15-19(33)14-31-18-9-11-32(12-10-18)26(35)16-37-24-7-5-17(13-21(24)28)22(29)6-8-25(30)34/h1-5,7,13,18-19,29,31,33H,6,8-12,14-16H2,(H2,30,34)/t19-/m0/s1. The van der Waals surface area contributed by atoms with Crippen LogP contribution in [0.5, 0.6) is 11.5 Å². The Bertz CT molecular complexity index is 1090. The first-order valence-corrected chi connectivity index (χ1v) is 12.8. The predicted octanol–water partition coefficient (Wildman–Crippen LogP) is 3.03. The number of likely N-dealkylation sites (tertiary alicyclic amines) is 1. The molecule has 0 spiro atoms. The molecule has 1 fully saturated rings. The number of benzene rings is 2. The molecule has 1 heterocycles. The zero-order valence-corrected chi connectivity index (χ0v) is 21.9. The summed E-state index contributed by atoms with van der Waals surface area (Å²) in [6.07, 6.45) is 1.14. The molecule has 11 heteroatoms. The number of para-hydroxylation sites is 1. The summed E-state index contributed by atoms with van der Waals surface area (Å²) in [6, 6.07) is 12.2. The first-order valence-electron chi connectivity index (χ1n) is 12.1. The lowest BCUT2D eigenvalue weighted by molar-refractivity contribution is -0.134. The average molecular weight is 551 g/mol. The molecule has 2 aromatic rings. The summed E-state index contributed by atoms with van der Waals surface area (Å²) in [4.78, 5) is 25.3. The number of nitrogens with zero attached hydrogens (tertiary/aromatic N) is 1. The molecule has 37 heavy (non-hydrogen) atoms. The summed E-state index contributed by atoms with van der Waals surface area (Å²) in [5.74, 6) is 0.284. The number of halogens is 2. The van der Waals surface area contributed by atoms with Crippen LogP contribution in [0.15, 0.2) is 42.5 Å². The molecule has 1 atom stereocenters. The lowest BCUT2D eigenvalue weighted by Crippen LogP contribution is -2.48. The number of primary amides is 1. The fourth-order valence-corrected chi connectivity index (χ4v) is 4.30. The monoisotopic (exact) mass is 550 g/mol. The molecule has 0 aromatic heterocycles. The molecule has 0 bridgehead atoms. The number of hydrogen-bond donors (Lipinski definition) is 4. The van der Waals surface area contributed by atoms with Gasteiger partial charge in [0, 0.05) is 37.8 Å². The summed E-state index contributed by atoms with van der Waals surface area (Å²) in [7, 11) is 0. The number of carbonyl (C=O) groups excluding carboxylic acids is 2. The van der Waals surface area contributed by atoms with Crippen LogP contribution in [-0.2, 0) is 9.59 Å². The van der Waals surface area contributed by atoms with Crippen LogP contribution in [0, 0.1) is 5.41 Å². The van der Waals surface area contributed by atoms with Gasteiger partial charge in [-0.15, -0.1) is 0 Å². The van der Waals surface area contributed by atoms with Crippen LogP contribution < -0.4 is 20.5 Å². The first kappa shape index (κ1) is 28.7. The molecule has 3 rings (SSSR count). The number of aliphatic hydroxyl groups excluding tert-OH is 1. The van der Waals surface area contributed by atoms with Crippen molar-refractivity contribution in [3.8, 4) is 11.5 Å². The summed E-state index contributed by atoms with van der Waals surface area (Å²) < 4.78 is 11.2. The van der Waals surface area contributed by atoms with Crippen molar-refractivity contribution < 1.29 is 24.2 Å². The summed E-state index contributed by atoms with van der Waals surface area (Å²) in [6.45, 7) is 1.52. The van der Waals surface area contributed by atoms with Gasteiger partial charge in [-0.2, -0.15) is 0 Å². The molecular weight excluding hydrogens is 519 g/mol. The van der Waals surface area contributed by atoms with Crippen molar-refractivity contribution in [1.29, 1.82) is 5.41 Å². The van der Waals surface area contributed by atoms with Gasteiger partial charge in [-0.1, -0.05) is 35.3 Å². The van der Waals surface area contributed by atoms with Gasteiger partial charge in [-0.05, 0) is 55.2 Å². The minimum atomic E-state index is -0.688. The molecule has 1 saturated heterocycles. The van der Waals surface area contributed by atoms with Gasteiger partial charge in [0.1, 0.15) is 24.2 Å². The van der Waals surface area contributed by atoms with E-state index in [4.69, 9.17) is 43.8 Å². The summed E-state index contributed by atoms with van der Waals surface area (Å²) in [5.41, 5.74) is 5.95. The quantitative estimate of drug-likeness (QED) is 0.283. The van der Waals surface area contributed by atoms with Crippen molar-refractivity contribution >= 4 is 40.7 Å². The molecule has 0 radical (unpaired) electrons. The van der Waals surface area contributed by atoms with E-state index < -0.39 is 12.0 Å². The Morgan fingerprint density at radius 3 is 2.46 bits per heavy atom. The molecule has 0 aliphatic carbocycles. The molecule has 1 aliphatic rings. The van der Waals surface area contributed by atoms with E-state index in [1.54, 1.807) is 35.2 Å². The van der Waals surface area contributed by atoms with Crippen molar-refractivity contribution in [3.63, 3.8) is 0 Å². The van der Waals surface area contributed by atoms with E-state index in [2.05, 4.69) is 5.32 Å². The number of rotatable bonds is 13. The first-order chi connectivity index (χ1) is 17.7. The average Bonchev–Trinajstić information content (AvgIpc) is 2.89. The van der Waals surface area contributed by atoms with Gasteiger partial charge in [0.15, 0.2) is 6.61 Å². The maximum absolute atomic E-state index is 12.6. The maximum Gasteiger partial charge on any atom is 0.260 e. The van der Waals surface area contributed by atoms with E-state index >= 15 is 0 Å². The van der Waals surface area contributed by atoms with Crippen LogP contribution in [0.1, 0.15) is 31.2 Å². The second-order valence-corrected chi connectivity index (χ2v) is 9.65. The zero-order chi connectivity index (χ0) is 26.8. The van der Waals surface area contributed by atoms with E-state index in [0.717, 1.165) is 12.8 Å². The highest BCUT2D eigenvalue weighted by Gasteiger charge is 2.23. The van der Waals surface area contributed by atoms with E-state index in [1.165, 1.54) is 0 Å². The van der Waals surface area contributed by atoms with Gasteiger partial charge in [0.25, 0.3) is 5.91 Å². The Kier molecular flexibility index (Phi) is 11.0. The van der Waals surface area contributed by atoms with Crippen LogP contribution in [0.25, 0.3) is 0 Å². The van der Waals surface area contributed by atoms with Crippen LogP contribution in [0.4, 0.5) is 0 Å². The fourth-order valence-electron chi connectivity index (χ4n) is 3.87. The third-order valence-electron chi connectivity index (χ3n) is 6.01. The van der Waals surface area contributed by atoms with E-state index in [1.807, 2.05) is 12.1 Å². The van der Waals surface area contributed by atoms with Crippen LogP contribution in [0.3, 0.4) is 0 Å². The summed E-state index contributed by atoms with van der Waals surface area (Å²) >= 11 is 12.3. The third kappa shape index (κ3) is 9.19. The number of amides is 2. The molecule has 1 aliphatic heterocycles. The van der Waals surface area contributed by atoms with Crippen molar-refractivity contribution in [1.82, 2.24) is 10.2 Å².